The quantitative estimate of drug-likeness (QED) is 0.563. The lowest BCUT2D eigenvalue weighted by molar-refractivity contribution is -0.127. The van der Waals surface area contributed by atoms with Gasteiger partial charge in [0, 0.05) is 52.0 Å². The first kappa shape index (κ1) is 22.3. The Kier molecular flexibility index (Phi) is 6.95. The van der Waals surface area contributed by atoms with E-state index in [2.05, 4.69) is 22.0 Å². The Bertz CT molecular complexity index is 987. The molecule has 9 heteroatoms. The van der Waals surface area contributed by atoms with Crippen molar-refractivity contribution in [1.82, 2.24) is 19.1 Å². The lowest BCUT2D eigenvalue weighted by atomic mass is 10.2. The van der Waals surface area contributed by atoms with Crippen LogP contribution in [-0.2, 0) is 21.4 Å². The Balaban J connectivity index is 1.29. The molecule has 31 heavy (non-hydrogen) atoms. The van der Waals surface area contributed by atoms with E-state index in [9.17, 15) is 13.2 Å². The molecule has 4 rings (SSSR count). The Labute approximate surface area is 188 Å². The summed E-state index contributed by atoms with van der Waals surface area (Å²) in [6.45, 7) is 3.16. The molecule has 1 aliphatic heterocycles. The second kappa shape index (κ2) is 9.68. The number of benzene rings is 1. The maximum Gasteiger partial charge on any atom is 0.244 e. The van der Waals surface area contributed by atoms with Crippen LogP contribution in [0, 0.1) is 0 Å². The topological polar surface area (TPSA) is 73.8 Å². The largest absolute Gasteiger partial charge is 0.342 e. The van der Waals surface area contributed by atoms with Crippen LogP contribution in [0.2, 0.25) is 0 Å². The lowest BCUT2D eigenvalue weighted by Crippen LogP contribution is -2.48. The van der Waals surface area contributed by atoms with E-state index >= 15 is 0 Å². The van der Waals surface area contributed by atoms with Crippen molar-refractivity contribution >= 4 is 27.7 Å². The van der Waals surface area contributed by atoms with Gasteiger partial charge in [0.25, 0.3) is 0 Å². The molecule has 1 aromatic carbocycles. The van der Waals surface area contributed by atoms with Crippen LogP contribution >= 0.6 is 11.8 Å². The average molecular weight is 461 g/mol. The van der Waals surface area contributed by atoms with Crippen molar-refractivity contribution in [3.8, 4) is 0 Å². The van der Waals surface area contributed by atoms with Gasteiger partial charge in [-0.15, -0.1) is 0 Å². The van der Waals surface area contributed by atoms with Gasteiger partial charge in [0.15, 0.2) is 0 Å². The van der Waals surface area contributed by atoms with Crippen molar-refractivity contribution < 1.29 is 13.2 Å². The van der Waals surface area contributed by atoms with Crippen LogP contribution in [-0.4, -0.2) is 78.4 Å². The number of aromatic nitrogens is 1. The second-order valence-corrected chi connectivity index (χ2v) is 11.0. The molecule has 0 atom stereocenters. The molecule has 1 aliphatic carbocycles. The summed E-state index contributed by atoms with van der Waals surface area (Å²) in [6, 6.07) is 13.9. The van der Waals surface area contributed by atoms with E-state index < -0.39 is 10.0 Å². The Morgan fingerprint density at radius 2 is 1.81 bits per heavy atom. The minimum atomic E-state index is -3.56. The number of amides is 1. The molecule has 0 spiro atoms. The molecule has 1 saturated heterocycles. The van der Waals surface area contributed by atoms with E-state index in [0.29, 0.717) is 43.0 Å². The summed E-state index contributed by atoms with van der Waals surface area (Å²) < 4.78 is 27.5. The number of nitrogens with zero attached hydrogens (tertiary/aromatic N) is 4. The molecule has 1 amide bonds. The molecule has 0 N–H and O–H groups in total. The zero-order valence-electron chi connectivity index (χ0n) is 17.7. The van der Waals surface area contributed by atoms with Crippen LogP contribution in [0.1, 0.15) is 18.4 Å². The second-order valence-electron chi connectivity index (χ2n) is 8.02. The number of carbonyl (C=O) groups excluding carboxylic acids is 1. The summed E-state index contributed by atoms with van der Waals surface area (Å²) in [5.41, 5.74) is 1.23. The van der Waals surface area contributed by atoms with Gasteiger partial charge in [0.2, 0.25) is 15.9 Å². The number of rotatable bonds is 8. The highest BCUT2D eigenvalue weighted by molar-refractivity contribution is 7.99. The molecule has 2 aromatic rings. The zero-order chi connectivity index (χ0) is 21.8. The highest BCUT2D eigenvalue weighted by atomic mass is 32.2. The van der Waals surface area contributed by atoms with E-state index in [1.807, 2.05) is 25.2 Å². The number of piperazine rings is 1. The Morgan fingerprint density at radius 3 is 2.42 bits per heavy atom. The smallest absolute Gasteiger partial charge is 0.244 e. The molecule has 1 saturated carbocycles. The van der Waals surface area contributed by atoms with Gasteiger partial charge in [0.05, 0.1) is 10.8 Å². The number of pyridine rings is 1. The van der Waals surface area contributed by atoms with Crippen molar-refractivity contribution in [3.63, 3.8) is 0 Å². The summed E-state index contributed by atoms with van der Waals surface area (Å²) in [5, 5.41) is 0.657. The van der Waals surface area contributed by atoms with Gasteiger partial charge in [-0.3, -0.25) is 9.69 Å². The van der Waals surface area contributed by atoms with Crippen molar-refractivity contribution in [2.24, 2.45) is 0 Å². The third kappa shape index (κ3) is 5.65. The van der Waals surface area contributed by atoms with Gasteiger partial charge < -0.3 is 4.90 Å². The third-order valence-corrected chi connectivity index (χ3v) is 8.57. The first-order chi connectivity index (χ1) is 14.9. The fourth-order valence-corrected chi connectivity index (χ4v) is 5.76. The normalized spacial score (nSPS) is 18.1. The highest BCUT2D eigenvalue weighted by Gasteiger charge is 2.30. The minimum Gasteiger partial charge on any atom is -0.342 e. The molecule has 0 unspecified atom stereocenters. The molecule has 1 aromatic heterocycles. The SMILES string of the molecule is CN(C(=O)CSc1ccc(S(=O)(=O)N2CCN(Cc3ccccc3)CC2)cn1)C1CC1. The first-order valence-corrected chi connectivity index (χ1v) is 13.0. The van der Waals surface area contributed by atoms with E-state index in [-0.39, 0.29) is 10.8 Å². The molecule has 166 valence electrons. The number of carbonyl (C=O) groups is 1. The summed E-state index contributed by atoms with van der Waals surface area (Å²) >= 11 is 1.34. The predicted octanol–water partition coefficient (Wildman–Crippen LogP) is 2.30. The molecular formula is C22H28N4O3S2. The monoisotopic (exact) mass is 460 g/mol. The van der Waals surface area contributed by atoms with Crippen LogP contribution in [0.3, 0.4) is 0 Å². The molecule has 2 fully saturated rings. The minimum absolute atomic E-state index is 0.0828. The predicted molar refractivity (Wildman–Crippen MR) is 121 cm³/mol. The fraction of sp³-hybridized carbons (Fsp3) is 0.455. The van der Waals surface area contributed by atoms with Crippen molar-refractivity contribution in [2.75, 3.05) is 39.0 Å². The summed E-state index contributed by atoms with van der Waals surface area (Å²) in [6.07, 6.45) is 3.57. The molecule has 2 heterocycles. The van der Waals surface area contributed by atoms with Crippen molar-refractivity contribution in [2.45, 2.75) is 35.3 Å². The van der Waals surface area contributed by atoms with Gasteiger partial charge in [-0.05, 0) is 30.5 Å². The fourth-order valence-electron chi connectivity index (χ4n) is 3.63. The standard InChI is InChI=1S/C22H28N4O3S2/c1-24(19-7-8-19)22(27)17-30-21-10-9-20(15-23-21)31(28,29)26-13-11-25(12-14-26)16-18-5-3-2-4-6-18/h2-6,9-10,15,19H,7-8,11-14,16-17H2,1H3. The van der Waals surface area contributed by atoms with Gasteiger partial charge in [-0.2, -0.15) is 4.31 Å². The van der Waals surface area contributed by atoms with Gasteiger partial charge >= 0.3 is 0 Å². The lowest BCUT2D eigenvalue weighted by Gasteiger charge is -2.33. The summed E-state index contributed by atoms with van der Waals surface area (Å²) in [7, 11) is -1.73. The molecular weight excluding hydrogens is 432 g/mol. The molecule has 0 radical (unpaired) electrons. The van der Waals surface area contributed by atoms with Crippen LogP contribution in [0.15, 0.2) is 58.6 Å². The summed E-state index contributed by atoms with van der Waals surface area (Å²) in [5.74, 6) is 0.398. The van der Waals surface area contributed by atoms with Crippen molar-refractivity contribution in [3.05, 3.63) is 54.2 Å². The highest BCUT2D eigenvalue weighted by Crippen LogP contribution is 2.27. The van der Waals surface area contributed by atoms with Crippen LogP contribution < -0.4 is 0 Å². The Hall–Kier alpha value is -1.94. The van der Waals surface area contributed by atoms with Gasteiger partial charge in [-0.25, -0.2) is 13.4 Å². The molecule has 2 aliphatic rings. The molecule has 7 nitrogen and oxygen atoms in total. The van der Waals surface area contributed by atoms with Crippen molar-refractivity contribution in [1.29, 1.82) is 0 Å². The van der Waals surface area contributed by atoms with Crippen LogP contribution in [0.4, 0.5) is 0 Å². The first-order valence-electron chi connectivity index (χ1n) is 10.5. The number of hydrogen-bond acceptors (Lipinski definition) is 6. The van der Waals surface area contributed by atoms with E-state index in [4.69, 9.17) is 0 Å². The number of hydrogen-bond donors (Lipinski definition) is 0. The van der Waals surface area contributed by atoms with Crippen LogP contribution in [0.5, 0.6) is 0 Å². The van der Waals surface area contributed by atoms with Gasteiger partial charge in [0.1, 0.15) is 4.90 Å². The Morgan fingerprint density at radius 1 is 1.10 bits per heavy atom. The zero-order valence-corrected chi connectivity index (χ0v) is 19.3. The number of thioether (sulfide) groups is 1. The maximum absolute atomic E-state index is 13.0. The number of sulfonamides is 1. The van der Waals surface area contributed by atoms with E-state index in [1.165, 1.54) is 27.8 Å². The average Bonchev–Trinajstić information content (AvgIpc) is 3.64. The van der Waals surface area contributed by atoms with E-state index in [1.54, 1.807) is 17.0 Å². The third-order valence-electron chi connectivity index (χ3n) is 5.76. The molecule has 0 bridgehead atoms. The maximum atomic E-state index is 13.0. The summed E-state index contributed by atoms with van der Waals surface area (Å²) in [4.78, 5) is 20.7. The van der Waals surface area contributed by atoms with Gasteiger partial charge in [-0.1, -0.05) is 42.1 Å². The van der Waals surface area contributed by atoms with E-state index in [0.717, 1.165) is 19.4 Å². The van der Waals surface area contributed by atoms with Crippen LogP contribution in [0.25, 0.3) is 0 Å².